The fourth-order valence-corrected chi connectivity index (χ4v) is 1.94. The number of aromatic hydroxyl groups is 1. The van der Waals surface area contributed by atoms with Crippen molar-refractivity contribution in [2.45, 2.75) is 6.92 Å². The van der Waals surface area contributed by atoms with Gasteiger partial charge >= 0.3 is 5.97 Å². The number of carbonyl (C=O) groups is 2. The number of phenolic OH excluding ortho intramolecular Hbond substituents is 1. The number of aromatic carboxylic acids is 1. The van der Waals surface area contributed by atoms with Gasteiger partial charge in [-0.1, -0.05) is 17.7 Å². The molecule has 0 heterocycles. The smallest absolute Gasteiger partial charge is 0.335 e. The number of anilines is 1. The highest BCUT2D eigenvalue weighted by molar-refractivity contribution is 6.34. The summed E-state index contributed by atoms with van der Waals surface area (Å²) in [7, 11) is 0. The third kappa shape index (κ3) is 3.32. The first kappa shape index (κ1) is 14.9. The predicted octanol–water partition coefficient (Wildman–Crippen LogP) is 3.30. The van der Waals surface area contributed by atoms with Gasteiger partial charge in [0.05, 0.1) is 21.8 Å². The maximum absolute atomic E-state index is 12.1. The zero-order valence-electron chi connectivity index (χ0n) is 11.1. The van der Waals surface area contributed by atoms with Gasteiger partial charge in [-0.2, -0.15) is 0 Å². The molecule has 2 aromatic carbocycles. The van der Waals surface area contributed by atoms with E-state index in [0.29, 0.717) is 0 Å². The summed E-state index contributed by atoms with van der Waals surface area (Å²) in [6.07, 6.45) is 0. The number of benzene rings is 2. The van der Waals surface area contributed by atoms with Crippen molar-refractivity contribution in [3.8, 4) is 5.75 Å². The summed E-state index contributed by atoms with van der Waals surface area (Å²) < 4.78 is 0. The van der Waals surface area contributed by atoms with Crippen LogP contribution in [-0.2, 0) is 0 Å². The SMILES string of the molecule is Cc1ccc(C(=O)Nc2cc(C(=O)O)ccc2Cl)c(O)c1. The number of nitrogens with one attached hydrogen (secondary N) is 1. The minimum atomic E-state index is -1.12. The zero-order chi connectivity index (χ0) is 15.6. The van der Waals surface area contributed by atoms with E-state index in [1.807, 2.05) is 0 Å². The standard InChI is InChI=1S/C15H12ClNO4/c1-8-2-4-10(13(18)6-8)14(19)17-12-7-9(15(20)21)3-5-11(12)16/h2-7,18H,1H3,(H,17,19)(H,20,21). The van der Waals surface area contributed by atoms with Crippen LogP contribution >= 0.6 is 11.6 Å². The lowest BCUT2D eigenvalue weighted by Gasteiger charge is -2.09. The summed E-state index contributed by atoms with van der Waals surface area (Å²) in [4.78, 5) is 23.0. The Balaban J connectivity index is 2.31. The molecule has 0 atom stereocenters. The molecule has 2 aromatic rings. The molecule has 0 unspecified atom stereocenters. The molecular weight excluding hydrogens is 294 g/mol. The average Bonchev–Trinajstić information content (AvgIpc) is 2.40. The lowest BCUT2D eigenvalue weighted by Crippen LogP contribution is -2.13. The van der Waals surface area contributed by atoms with Crippen molar-refractivity contribution in [3.05, 3.63) is 58.1 Å². The van der Waals surface area contributed by atoms with Crippen molar-refractivity contribution in [2.24, 2.45) is 0 Å². The van der Waals surface area contributed by atoms with Crippen LogP contribution in [0.4, 0.5) is 5.69 Å². The molecule has 108 valence electrons. The van der Waals surface area contributed by atoms with Gasteiger partial charge in [-0.05, 0) is 42.8 Å². The average molecular weight is 306 g/mol. The number of carboxylic acid groups (broad SMARTS) is 1. The third-order valence-corrected chi connectivity index (χ3v) is 3.19. The Morgan fingerprint density at radius 2 is 1.86 bits per heavy atom. The van der Waals surface area contributed by atoms with Gasteiger partial charge in [-0.15, -0.1) is 0 Å². The number of halogens is 1. The van der Waals surface area contributed by atoms with Gasteiger partial charge in [-0.3, -0.25) is 4.79 Å². The van der Waals surface area contributed by atoms with Gasteiger partial charge in [-0.25, -0.2) is 4.79 Å². The van der Waals surface area contributed by atoms with E-state index in [4.69, 9.17) is 16.7 Å². The van der Waals surface area contributed by atoms with Gasteiger partial charge in [0.2, 0.25) is 0 Å². The van der Waals surface area contributed by atoms with Gasteiger partial charge < -0.3 is 15.5 Å². The minimum Gasteiger partial charge on any atom is -0.507 e. The van der Waals surface area contributed by atoms with Crippen LogP contribution in [0.3, 0.4) is 0 Å². The first-order chi connectivity index (χ1) is 9.88. The first-order valence-electron chi connectivity index (χ1n) is 6.02. The van der Waals surface area contributed by atoms with Crippen molar-refractivity contribution in [1.82, 2.24) is 0 Å². The number of rotatable bonds is 3. The Bertz CT molecular complexity index is 728. The van der Waals surface area contributed by atoms with E-state index in [2.05, 4.69) is 5.32 Å². The van der Waals surface area contributed by atoms with E-state index in [1.54, 1.807) is 13.0 Å². The zero-order valence-corrected chi connectivity index (χ0v) is 11.8. The third-order valence-electron chi connectivity index (χ3n) is 2.86. The van der Waals surface area contributed by atoms with Crippen molar-refractivity contribution in [1.29, 1.82) is 0 Å². The van der Waals surface area contributed by atoms with Crippen LogP contribution in [0, 0.1) is 6.92 Å². The fraction of sp³-hybridized carbons (Fsp3) is 0.0667. The molecule has 0 aromatic heterocycles. The predicted molar refractivity (Wildman–Crippen MR) is 79.2 cm³/mol. The summed E-state index contributed by atoms with van der Waals surface area (Å²) in [5.74, 6) is -1.85. The molecule has 0 radical (unpaired) electrons. The van der Waals surface area contributed by atoms with Crippen LogP contribution in [0.15, 0.2) is 36.4 Å². The maximum Gasteiger partial charge on any atom is 0.335 e. The van der Waals surface area contributed by atoms with E-state index >= 15 is 0 Å². The van der Waals surface area contributed by atoms with Crippen molar-refractivity contribution >= 4 is 29.2 Å². The van der Waals surface area contributed by atoms with E-state index in [-0.39, 0.29) is 27.6 Å². The molecule has 6 heteroatoms. The van der Waals surface area contributed by atoms with E-state index in [1.165, 1.54) is 30.3 Å². The van der Waals surface area contributed by atoms with Crippen molar-refractivity contribution in [2.75, 3.05) is 5.32 Å². The van der Waals surface area contributed by atoms with Crippen molar-refractivity contribution < 1.29 is 19.8 Å². The molecule has 0 saturated carbocycles. The fourth-order valence-electron chi connectivity index (χ4n) is 1.78. The second-order valence-electron chi connectivity index (χ2n) is 4.47. The van der Waals surface area contributed by atoms with E-state index in [0.717, 1.165) is 5.56 Å². The lowest BCUT2D eigenvalue weighted by molar-refractivity contribution is 0.0696. The number of hydrogen-bond donors (Lipinski definition) is 3. The number of aryl methyl sites for hydroxylation is 1. The Labute approximate surface area is 125 Å². The summed E-state index contributed by atoms with van der Waals surface area (Å²) in [6.45, 7) is 1.79. The minimum absolute atomic E-state index is 0.00262. The highest BCUT2D eigenvalue weighted by Crippen LogP contribution is 2.25. The number of carboxylic acids is 1. The molecular formula is C15H12ClNO4. The number of carbonyl (C=O) groups excluding carboxylic acids is 1. The quantitative estimate of drug-likeness (QED) is 0.812. The van der Waals surface area contributed by atoms with Crippen LogP contribution < -0.4 is 5.32 Å². The summed E-state index contributed by atoms with van der Waals surface area (Å²) in [5, 5.41) is 21.4. The first-order valence-corrected chi connectivity index (χ1v) is 6.40. The topological polar surface area (TPSA) is 86.6 Å². The molecule has 0 aliphatic rings. The Kier molecular flexibility index (Phi) is 4.14. The Morgan fingerprint density at radius 3 is 2.48 bits per heavy atom. The van der Waals surface area contributed by atoms with E-state index < -0.39 is 11.9 Å². The monoisotopic (exact) mass is 305 g/mol. The molecule has 0 fully saturated rings. The van der Waals surface area contributed by atoms with Crippen LogP contribution in [0.1, 0.15) is 26.3 Å². The highest BCUT2D eigenvalue weighted by Gasteiger charge is 2.14. The van der Waals surface area contributed by atoms with Gasteiger partial charge in [0, 0.05) is 0 Å². The van der Waals surface area contributed by atoms with Crippen molar-refractivity contribution in [3.63, 3.8) is 0 Å². The maximum atomic E-state index is 12.1. The normalized spacial score (nSPS) is 10.2. The van der Waals surface area contributed by atoms with Gasteiger partial charge in [0.25, 0.3) is 5.91 Å². The van der Waals surface area contributed by atoms with Crippen LogP contribution in [0.2, 0.25) is 5.02 Å². The van der Waals surface area contributed by atoms with Gasteiger partial charge in [0.1, 0.15) is 5.75 Å². The summed E-state index contributed by atoms with van der Waals surface area (Å²) in [5.41, 5.74) is 1.07. The second kappa shape index (κ2) is 5.85. The summed E-state index contributed by atoms with van der Waals surface area (Å²) in [6, 6.07) is 8.61. The molecule has 0 aliphatic heterocycles. The Morgan fingerprint density at radius 1 is 1.14 bits per heavy atom. The molecule has 21 heavy (non-hydrogen) atoms. The molecule has 1 amide bonds. The number of phenols is 1. The number of amides is 1. The second-order valence-corrected chi connectivity index (χ2v) is 4.88. The summed E-state index contributed by atoms with van der Waals surface area (Å²) >= 11 is 5.93. The van der Waals surface area contributed by atoms with Crippen LogP contribution in [-0.4, -0.2) is 22.1 Å². The van der Waals surface area contributed by atoms with E-state index in [9.17, 15) is 14.7 Å². The highest BCUT2D eigenvalue weighted by atomic mass is 35.5. The molecule has 0 aliphatic carbocycles. The molecule has 0 spiro atoms. The molecule has 0 bridgehead atoms. The number of hydrogen-bond acceptors (Lipinski definition) is 3. The molecule has 0 saturated heterocycles. The van der Waals surface area contributed by atoms with Crippen LogP contribution in [0.25, 0.3) is 0 Å². The molecule has 2 rings (SSSR count). The lowest BCUT2D eigenvalue weighted by atomic mass is 10.1. The van der Waals surface area contributed by atoms with Gasteiger partial charge in [0.15, 0.2) is 0 Å². The largest absolute Gasteiger partial charge is 0.507 e. The van der Waals surface area contributed by atoms with Crippen LogP contribution in [0.5, 0.6) is 5.75 Å². The molecule has 5 nitrogen and oxygen atoms in total. The Hall–Kier alpha value is -2.53. The molecule has 3 N–H and O–H groups in total.